The molecule has 2 aromatic carbocycles. The Labute approximate surface area is 192 Å². The predicted molar refractivity (Wildman–Crippen MR) is 125 cm³/mol. The predicted octanol–water partition coefficient (Wildman–Crippen LogP) is 3.34. The van der Waals surface area contributed by atoms with E-state index in [0.717, 1.165) is 30.2 Å². The molecule has 0 aliphatic carbocycles. The van der Waals surface area contributed by atoms with E-state index in [4.69, 9.17) is 0 Å². The van der Waals surface area contributed by atoms with Gasteiger partial charge in [0.1, 0.15) is 11.6 Å². The average molecular weight is 441 g/mol. The van der Waals surface area contributed by atoms with Crippen molar-refractivity contribution in [1.29, 1.82) is 5.26 Å². The Morgan fingerprint density at radius 3 is 2.39 bits per heavy atom. The SMILES string of the molecule is N#Cc1cnn(-c2ccccc2)c1NC(=O)C1CC(=O)N(c2ccc(N3CCCC3)cc2)C1. The third-order valence-electron chi connectivity index (χ3n) is 6.26. The quantitative estimate of drug-likeness (QED) is 0.657. The first-order valence-electron chi connectivity index (χ1n) is 11.1. The van der Waals surface area contributed by atoms with Gasteiger partial charge >= 0.3 is 0 Å². The van der Waals surface area contributed by atoms with E-state index in [9.17, 15) is 14.9 Å². The molecular weight excluding hydrogens is 416 g/mol. The van der Waals surface area contributed by atoms with Gasteiger partial charge in [0.05, 0.1) is 17.8 Å². The molecule has 2 amide bonds. The molecule has 0 radical (unpaired) electrons. The number of rotatable bonds is 5. The minimum absolute atomic E-state index is 0.0823. The standard InChI is InChI=1S/C25H24N6O2/c26-15-19-16-27-31(22-6-2-1-3-7-22)24(19)28-25(33)18-14-23(32)30(17-18)21-10-8-20(9-11-21)29-12-4-5-13-29/h1-3,6-11,16,18H,4-5,12-14,17H2,(H,28,33). The van der Waals surface area contributed by atoms with Gasteiger partial charge in [-0.3, -0.25) is 9.59 Å². The summed E-state index contributed by atoms with van der Waals surface area (Å²) in [5.41, 5.74) is 2.96. The molecular formula is C25H24N6O2. The number of aromatic nitrogens is 2. The second-order valence-corrected chi connectivity index (χ2v) is 8.37. The van der Waals surface area contributed by atoms with E-state index in [2.05, 4.69) is 21.4 Å². The monoisotopic (exact) mass is 440 g/mol. The fourth-order valence-corrected chi connectivity index (χ4v) is 4.49. The highest BCUT2D eigenvalue weighted by Crippen LogP contribution is 2.29. The van der Waals surface area contributed by atoms with Crippen LogP contribution in [0.5, 0.6) is 0 Å². The number of carbonyl (C=O) groups excluding carboxylic acids is 2. The molecule has 1 unspecified atom stereocenters. The Hall–Kier alpha value is -4.12. The maximum absolute atomic E-state index is 13.1. The average Bonchev–Trinajstić information content (AvgIpc) is 3.60. The summed E-state index contributed by atoms with van der Waals surface area (Å²) < 4.78 is 1.53. The van der Waals surface area contributed by atoms with Gasteiger partial charge in [0.15, 0.2) is 5.82 Å². The summed E-state index contributed by atoms with van der Waals surface area (Å²) in [5, 5.41) is 16.6. The molecule has 8 nitrogen and oxygen atoms in total. The van der Waals surface area contributed by atoms with Gasteiger partial charge < -0.3 is 15.1 Å². The van der Waals surface area contributed by atoms with Gasteiger partial charge in [-0.15, -0.1) is 0 Å². The van der Waals surface area contributed by atoms with Gasteiger partial charge in [0.2, 0.25) is 11.8 Å². The second kappa shape index (κ2) is 8.79. The fourth-order valence-electron chi connectivity index (χ4n) is 4.49. The van der Waals surface area contributed by atoms with Crippen molar-refractivity contribution in [3.05, 3.63) is 66.4 Å². The van der Waals surface area contributed by atoms with E-state index >= 15 is 0 Å². The van der Waals surface area contributed by atoms with E-state index in [1.165, 1.54) is 23.7 Å². The van der Waals surface area contributed by atoms with Crippen molar-refractivity contribution < 1.29 is 9.59 Å². The summed E-state index contributed by atoms with van der Waals surface area (Å²) >= 11 is 0. The molecule has 0 spiro atoms. The number of carbonyl (C=O) groups is 2. The molecule has 0 saturated carbocycles. The Bertz CT molecular complexity index is 1210. The van der Waals surface area contributed by atoms with Gasteiger partial charge in [0.25, 0.3) is 0 Å². The zero-order valence-corrected chi connectivity index (χ0v) is 18.1. The lowest BCUT2D eigenvalue weighted by atomic mass is 10.1. The molecule has 1 N–H and O–H groups in total. The smallest absolute Gasteiger partial charge is 0.231 e. The van der Waals surface area contributed by atoms with Crippen LogP contribution in [-0.2, 0) is 9.59 Å². The molecule has 2 fully saturated rings. The third-order valence-corrected chi connectivity index (χ3v) is 6.26. The maximum Gasteiger partial charge on any atom is 0.231 e. The van der Waals surface area contributed by atoms with E-state index in [0.29, 0.717) is 12.4 Å². The van der Waals surface area contributed by atoms with E-state index in [-0.39, 0.29) is 23.8 Å². The van der Waals surface area contributed by atoms with Crippen molar-refractivity contribution in [2.24, 2.45) is 5.92 Å². The molecule has 2 aliphatic rings. The van der Waals surface area contributed by atoms with Gasteiger partial charge in [0, 0.05) is 37.4 Å². The molecule has 3 aromatic rings. The Morgan fingerprint density at radius 1 is 1.00 bits per heavy atom. The van der Waals surface area contributed by atoms with Crippen LogP contribution in [0.25, 0.3) is 5.69 Å². The Balaban J connectivity index is 1.31. The maximum atomic E-state index is 13.1. The van der Waals surface area contributed by atoms with Crippen LogP contribution >= 0.6 is 0 Å². The molecule has 0 bridgehead atoms. The van der Waals surface area contributed by atoms with Crippen molar-refractivity contribution in [3.8, 4) is 11.8 Å². The molecule has 33 heavy (non-hydrogen) atoms. The van der Waals surface area contributed by atoms with Crippen molar-refractivity contribution in [1.82, 2.24) is 9.78 Å². The molecule has 8 heteroatoms. The van der Waals surface area contributed by atoms with Crippen molar-refractivity contribution in [2.45, 2.75) is 19.3 Å². The minimum atomic E-state index is -0.513. The van der Waals surface area contributed by atoms with Crippen LogP contribution in [0.4, 0.5) is 17.2 Å². The largest absolute Gasteiger partial charge is 0.372 e. The molecule has 5 rings (SSSR count). The van der Waals surface area contributed by atoms with Crippen LogP contribution in [0, 0.1) is 17.2 Å². The van der Waals surface area contributed by atoms with Crippen LogP contribution in [0.3, 0.4) is 0 Å². The number of benzene rings is 2. The third kappa shape index (κ3) is 4.05. The summed E-state index contributed by atoms with van der Waals surface area (Å²) in [4.78, 5) is 29.8. The number of para-hydroxylation sites is 1. The lowest BCUT2D eigenvalue weighted by Crippen LogP contribution is -2.29. The number of hydrogen-bond acceptors (Lipinski definition) is 5. The fraction of sp³-hybridized carbons (Fsp3) is 0.280. The first-order valence-corrected chi connectivity index (χ1v) is 11.1. The van der Waals surface area contributed by atoms with Gasteiger partial charge in [-0.1, -0.05) is 18.2 Å². The molecule has 1 atom stereocenters. The zero-order chi connectivity index (χ0) is 22.8. The first kappa shape index (κ1) is 20.8. The van der Waals surface area contributed by atoms with Crippen LogP contribution in [0.2, 0.25) is 0 Å². The summed E-state index contributed by atoms with van der Waals surface area (Å²) in [6.07, 6.45) is 3.97. The number of nitrogens with zero attached hydrogens (tertiary/aromatic N) is 5. The molecule has 166 valence electrons. The summed E-state index contributed by atoms with van der Waals surface area (Å²) in [6.45, 7) is 2.43. The highest BCUT2D eigenvalue weighted by atomic mass is 16.2. The second-order valence-electron chi connectivity index (χ2n) is 8.37. The number of hydrogen-bond donors (Lipinski definition) is 1. The first-order chi connectivity index (χ1) is 16.1. The minimum Gasteiger partial charge on any atom is -0.372 e. The van der Waals surface area contributed by atoms with Crippen LogP contribution < -0.4 is 15.1 Å². The van der Waals surface area contributed by atoms with E-state index in [1.807, 2.05) is 54.6 Å². The molecule has 1 aromatic heterocycles. The number of nitriles is 1. The Kier molecular flexibility index (Phi) is 5.53. The molecule has 2 aliphatic heterocycles. The lowest BCUT2D eigenvalue weighted by molar-refractivity contribution is -0.122. The van der Waals surface area contributed by atoms with Gasteiger partial charge in [-0.25, -0.2) is 4.68 Å². The Morgan fingerprint density at radius 2 is 1.70 bits per heavy atom. The van der Waals surface area contributed by atoms with Crippen molar-refractivity contribution in [2.75, 3.05) is 34.8 Å². The van der Waals surface area contributed by atoms with Crippen LogP contribution in [-0.4, -0.2) is 41.2 Å². The lowest BCUT2D eigenvalue weighted by Gasteiger charge is -2.20. The van der Waals surface area contributed by atoms with Crippen molar-refractivity contribution >= 4 is 29.0 Å². The highest BCUT2D eigenvalue weighted by Gasteiger charge is 2.36. The number of anilines is 3. The summed E-state index contributed by atoms with van der Waals surface area (Å²) in [6, 6.07) is 19.3. The number of nitrogens with one attached hydrogen (secondary N) is 1. The van der Waals surface area contributed by atoms with E-state index < -0.39 is 5.92 Å². The number of amides is 2. The normalized spacial score (nSPS) is 17.9. The molecule has 2 saturated heterocycles. The zero-order valence-electron chi connectivity index (χ0n) is 18.1. The van der Waals surface area contributed by atoms with Crippen LogP contribution in [0.15, 0.2) is 60.8 Å². The summed E-state index contributed by atoms with van der Waals surface area (Å²) in [5.74, 6) is -0.578. The summed E-state index contributed by atoms with van der Waals surface area (Å²) in [7, 11) is 0. The van der Waals surface area contributed by atoms with Crippen molar-refractivity contribution in [3.63, 3.8) is 0 Å². The van der Waals surface area contributed by atoms with E-state index in [1.54, 1.807) is 4.90 Å². The van der Waals surface area contributed by atoms with Gasteiger partial charge in [-0.2, -0.15) is 10.4 Å². The topological polar surface area (TPSA) is 94.3 Å². The highest BCUT2D eigenvalue weighted by molar-refractivity contribution is 6.03. The van der Waals surface area contributed by atoms with Crippen LogP contribution in [0.1, 0.15) is 24.8 Å². The van der Waals surface area contributed by atoms with Gasteiger partial charge in [-0.05, 0) is 49.2 Å². The molecule has 3 heterocycles.